The molecule has 0 spiro atoms. The number of nitrogens with zero attached hydrogens (tertiary/aromatic N) is 2. The van der Waals surface area contributed by atoms with E-state index in [1.54, 1.807) is 4.90 Å². The second-order valence-electron chi connectivity index (χ2n) is 5.02. The lowest BCUT2D eigenvalue weighted by molar-refractivity contribution is -0.384. The van der Waals surface area contributed by atoms with Gasteiger partial charge in [-0.1, -0.05) is 23.2 Å². The van der Waals surface area contributed by atoms with Gasteiger partial charge in [-0.2, -0.15) is 0 Å². The SMILES string of the molecule is NCC1CCN(C(=O)c2cc([N+](=O)[O-])cc(Cl)c2Cl)CC1. The summed E-state index contributed by atoms with van der Waals surface area (Å²) in [5.74, 6) is 0.0827. The van der Waals surface area contributed by atoms with Crippen molar-refractivity contribution in [2.45, 2.75) is 12.8 Å². The number of carbonyl (C=O) groups is 1. The third kappa shape index (κ3) is 3.45. The Morgan fingerprint density at radius 2 is 2.00 bits per heavy atom. The monoisotopic (exact) mass is 331 g/mol. The van der Waals surface area contributed by atoms with Gasteiger partial charge in [0.25, 0.3) is 11.6 Å². The number of nitrogens with two attached hydrogens (primary N) is 1. The van der Waals surface area contributed by atoms with E-state index in [-0.39, 0.29) is 27.2 Å². The van der Waals surface area contributed by atoms with Gasteiger partial charge in [0, 0.05) is 25.2 Å². The summed E-state index contributed by atoms with van der Waals surface area (Å²) in [6, 6.07) is 2.31. The molecule has 1 amide bonds. The third-order valence-corrected chi connectivity index (χ3v) is 4.49. The van der Waals surface area contributed by atoms with E-state index < -0.39 is 4.92 Å². The Balaban J connectivity index is 2.25. The number of benzene rings is 1. The molecule has 1 aliphatic heterocycles. The molecule has 0 aromatic heterocycles. The fourth-order valence-corrected chi connectivity index (χ4v) is 2.78. The first-order chi connectivity index (χ1) is 9.93. The maximum Gasteiger partial charge on any atom is 0.271 e. The van der Waals surface area contributed by atoms with Crippen LogP contribution in [0, 0.1) is 16.0 Å². The summed E-state index contributed by atoms with van der Waals surface area (Å²) < 4.78 is 0. The van der Waals surface area contributed by atoms with Crippen molar-refractivity contribution in [1.29, 1.82) is 0 Å². The normalized spacial score (nSPS) is 16.0. The van der Waals surface area contributed by atoms with Gasteiger partial charge in [0.15, 0.2) is 0 Å². The van der Waals surface area contributed by atoms with E-state index in [4.69, 9.17) is 28.9 Å². The molecule has 1 aromatic carbocycles. The molecule has 8 heteroatoms. The summed E-state index contributed by atoms with van der Waals surface area (Å²) in [6.45, 7) is 1.74. The first kappa shape index (κ1) is 16.0. The Bertz CT molecular complexity index is 572. The largest absolute Gasteiger partial charge is 0.339 e. The molecule has 0 aliphatic carbocycles. The Labute approximate surface area is 132 Å². The maximum absolute atomic E-state index is 12.5. The van der Waals surface area contributed by atoms with Gasteiger partial charge in [-0.25, -0.2) is 0 Å². The summed E-state index contributed by atoms with van der Waals surface area (Å²) in [5, 5.41) is 10.9. The summed E-state index contributed by atoms with van der Waals surface area (Å²) in [4.78, 5) is 24.4. The summed E-state index contributed by atoms with van der Waals surface area (Å²) >= 11 is 11.9. The Hall–Kier alpha value is -1.37. The molecule has 21 heavy (non-hydrogen) atoms. The molecule has 0 radical (unpaired) electrons. The van der Waals surface area contributed by atoms with E-state index in [2.05, 4.69) is 0 Å². The minimum absolute atomic E-state index is 0.00561. The fraction of sp³-hybridized carbons (Fsp3) is 0.462. The van der Waals surface area contributed by atoms with E-state index >= 15 is 0 Å². The van der Waals surface area contributed by atoms with E-state index in [1.165, 1.54) is 6.07 Å². The molecule has 0 atom stereocenters. The zero-order chi connectivity index (χ0) is 15.6. The number of halogens is 2. The molecule has 114 valence electrons. The van der Waals surface area contributed by atoms with Crippen molar-refractivity contribution in [2.75, 3.05) is 19.6 Å². The van der Waals surface area contributed by atoms with Crippen LogP contribution in [0.3, 0.4) is 0 Å². The van der Waals surface area contributed by atoms with Crippen LogP contribution in [0.25, 0.3) is 0 Å². The lowest BCUT2D eigenvalue weighted by atomic mass is 9.96. The molecule has 1 fully saturated rings. The highest BCUT2D eigenvalue weighted by Gasteiger charge is 2.26. The van der Waals surface area contributed by atoms with Crippen LogP contribution in [0.1, 0.15) is 23.2 Å². The summed E-state index contributed by atoms with van der Waals surface area (Å²) in [5.41, 5.74) is 5.44. The second kappa shape index (κ2) is 6.60. The van der Waals surface area contributed by atoms with Crippen molar-refractivity contribution in [3.8, 4) is 0 Å². The van der Waals surface area contributed by atoms with Crippen molar-refractivity contribution < 1.29 is 9.72 Å². The fourth-order valence-electron chi connectivity index (χ4n) is 2.38. The third-order valence-electron chi connectivity index (χ3n) is 3.69. The van der Waals surface area contributed by atoms with Gasteiger partial charge < -0.3 is 10.6 Å². The minimum Gasteiger partial charge on any atom is -0.339 e. The smallest absolute Gasteiger partial charge is 0.271 e. The molecule has 1 aromatic rings. The Morgan fingerprint density at radius 3 is 2.52 bits per heavy atom. The molecule has 0 saturated carbocycles. The molecule has 1 saturated heterocycles. The van der Waals surface area contributed by atoms with Gasteiger partial charge in [-0.05, 0) is 25.3 Å². The number of hydrogen-bond donors (Lipinski definition) is 1. The summed E-state index contributed by atoms with van der Waals surface area (Å²) in [6.07, 6.45) is 1.64. The van der Waals surface area contributed by atoms with Crippen LogP contribution in [0.5, 0.6) is 0 Å². The van der Waals surface area contributed by atoms with Gasteiger partial charge >= 0.3 is 0 Å². The van der Waals surface area contributed by atoms with E-state index in [9.17, 15) is 14.9 Å². The average molecular weight is 332 g/mol. The van der Waals surface area contributed by atoms with Gasteiger partial charge in [-0.15, -0.1) is 0 Å². The van der Waals surface area contributed by atoms with Crippen LogP contribution in [0.15, 0.2) is 12.1 Å². The van der Waals surface area contributed by atoms with Crippen LogP contribution in [0.2, 0.25) is 10.0 Å². The van der Waals surface area contributed by atoms with E-state index in [0.29, 0.717) is 25.6 Å². The average Bonchev–Trinajstić information content (AvgIpc) is 2.49. The molecular weight excluding hydrogens is 317 g/mol. The van der Waals surface area contributed by atoms with Crippen LogP contribution in [0.4, 0.5) is 5.69 Å². The van der Waals surface area contributed by atoms with Crippen molar-refractivity contribution in [2.24, 2.45) is 11.7 Å². The summed E-state index contributed by atoms with van der Waals surface area (Å²) in [7, 11) is 0. The molecule has 1 aliphatic rings. The van der Waals surface area contributed by atoms with Crippen molar-refractivity contribution in [1.82, 2.24) is 4.90 Å². The molecule has 6 nitrogen and oxygen atoms in total. The lowest BCUT2D eigenvalue weighted by Crippen LogP contribution is -2.40. The highest BCUT2D eigenvalue weighted by atomic mass is 35.5. The molecule has 2 N–H and O–H groups in total. The Morgan fingerprint density at radius 1 is 1.38 bits per heavy atom. The molecular formula is C13H15Cl2N3O3. The lowest BCUT2D eigenvalue weighted by Gasteiger charge is -2.31. The quantitative estimate of drug-likeness (QED) is 0.681. The zero-order valence-electron chi connectivity index (χ0n) is 11.2. The second-order valence-corrected chi connectivity index (χ2v) is 5.80. The van der Waals surface area contributed by atoms with Crippen LogP contribution >= 0.6 is 23.2 Å². The predicted molar refractivity (Wildman–Crippen MR) is 80.8 cm³/mol. The van der Waals surface area contributed by atoms with Crippen molar-refractivity contribution >= 4 is 34.8 Å². The maximum atomic E-state index is 12.5. The number of nitro benzene ring substituents is 1. The molecule has 0 unspecified atom stereocenters. The van der Waals surface area contributed by atoms with Gasteiger partial charge in [-0.3, -0.25) is 14.9 Å². The minimum atomic E-state index is -0.598. The van der Waals surface area contributed by atoms with Gasteiger partial charge in [0.05, 0.1) is 20.5 Å². The van der Waals surface area contributed by atoms with Gasteiger partial charge in [0.1, 0.15) is 0 Å². The number of non-ortho nitro benzene ring substituents is 1. The number of likely N-dealkylation sites (tertiary alicyclic amines) is 1. The van der Waals surface area contributed by atoms with E-state index in [0.717, 1.165) is 18.9 Å². The highest BCUT2D eigenvalue weighted by Crippen LogP contribution is 2.32. The predicted octanol–water partition coefficient (Wildman–Crippen LogP) is 2.71. The number of rotatable bonds is 3. The first-order valence-electron chi connectivity index (χ1n) is 6.56. The first-order valence-corrected chi connectivity index (χ1v) is 7.32. The molecule has 2 rings (SSSR count). The molecule has 0 bridgehead atoms. The highest BCUT2D eigenvalue weighted by molar-refractivity contribution is 6.44. The van der Waals surface area contributed by atoms with Crippen LogP contribution in [-0.4, -0.2) is 35.4 Å². The number of nitro groups is 1. The number of amides is 1. The number of piperidine rings is 1. The topological polar surface area (TPSA) is 89.5 Å². The van der Waals surface area contributed by atoms with Gasteiger partial charge in [0.2, 0.25) is 0 Å². The van der Waals surface area contributed by atoms with E-state index in [1.807, 2.05) is 0 Å². The number of carbonyl (C=O) groups excluding carboxylic acids is 1. The van der Waals surface area contributed by atoms with Crippen molar-refractivity contribution in [3.63, 3.8) is 0 Å². The number of hydrogen-bond acceptors (Lipinski definition) is 4. The standard InChI is InChI=1S/C13H15Cl2N3O3/c14-11-6-9(18(20)21)5-10(12(11)15)13(19)17-3-1-8(7-16)2-4-17/h5-6,8H,1-4,7,16H2. The van der Waals surface area contributed by atoms with Crippen LogP contribution in [-0.2, 0) is 0 Å². The zero-order valence-corrected chi connectivity index (χ0v) is 12.7. The Kier molecular flexibility index (Phi) is 5.03. The molecule has 1 heterocycles. The van der Waals surface area contributed by atoms with Crippen molar-refractivity contribution in [3.05, 3.63) is 37.9 Å². The van der Waals surface area contributed by atoms with Crippen LogP contribution < -0.4 is 5.73 Å².